The molecule has 6 nitrogen and oxygen atoms in total. The van der Waals surface area contributed by atoms with Gasteiger partial charge in [-0.3, -0.25) is 9.98 Å². The molecule has 7 heteroatoms. The number of nitrogens with one attached hydrogen (secondary N) is 1. The summed E-state index contributed by atoms with van der Waals surface area (Å²) in [6.45, 7) is 6.44. The molecule has 0 amide bonds. The maximum absolute atomic E-state index is 11.0. The molecule has 2 rings (SSSR count). The van der Waals surface area contributed by atoms with Gasteiger partial charge in [-0.05, 0) is 54.8 Å². The molecule has 0 heterocycles. The molecular weight excluding hydrogens is 350 g/mol. The number of nitrogens with zero attached hydrogens (tertiary/aromatic N) is 2. The van der Waals surface area contributed by atoms with Gasteiger partial charge in [0, 0.05) is 18.8 Å². The van der Waals surface area contributed by atoms with Gasteiger partial charge in [-0.2, -0.15) is 13.5 Å². The number of benzene rings is 2. The summed E-state index contributed by atoms with van der Waals surface area (Å²) >= 11 is 0. The summed E-state index contributed by atoms with van der Waals surface area (Å²) in [6.07, 6.45) is 3.93. The van der Waals surface area contributed by atoms with Crippen LogP contribution in [-0.4, -0.2) is 32.3 Å². The van der Waals surface area contributed by atoms with Gasteiger partial charge in [-0.25, -0.2) is 0 Å². The lowest BCUT2D eigenvalue weighted by Crippen LogP contribution is -2.24. The SMILES string of the molecule is CCCN(CCC)c1ccc(/C=N\Nc2ccc(S(=O)(=O)O)cc2)cc1. The van der Waals surface area contributed by atoms with Crippen LogP contribution in [0.25, 0.3) is 0 Å². The van der Waals surface area contributed by atoms with Crippen molar-refractivity contribution < 1.29 is 13.0 Å². The monoisotopic (exact) mass is 375 g/mol. The van der Waals surface area contributed by atoms with Gasteiger partial charge in [-0.15, -0.1) is 0 Å². The first-order valence-electron chi connectivity index (χ1n) is 8.65. The molecule has 0 atom stereocenters. The van der Waals surface area contributed by atoms with Crippen molar-refractivity contribution in [3.8, 4) is 0 Å². The van der Waals surface area contributed by atoms with Crippen molar-refractivity contribution >= 4 is 27.7 Å². The first-order chi connectivity index (χ1) is 12.4. The van der Waals surface area contributed by atoms with Gasteiger partial charge in [0.05, 0.1) is 16.8 Å². The third kappa shape index (κ3) is 5.86. The van der Waals surface area contributed by atoms with E-state index in [0.29, 0.717) is 5.69 Å². The zero-order valence-corrected chi connectivity index (χ0v) is 15.9. The highest BCUT2D eigenvalue weighted by atomic mass is 32.2. The molecule has 0 aliphatic heterocycles. The van der Waals surface area contributed by atoms with Crippen molar-refractivity contribution in [3.05, 3.63) is 54.1 Å². The second-order valence-electron chi connectivity index (χ2n) is 5.95. The predicted octanol–water partition coefficient (Wildman–Crippen LogP) is 4.01. The van der Waals surface area contributed by atoms with Gasteiger partial charge in [0.25, 0.3) is 10.1 Å². The Kier molecular flexibility index (Phi) is 7.17. The summed E-state index contributed by atoms with van der Waals surface area (Å²) in [6, 6.07) is 13.9. The zero-order valence-electron chi connectivity index (χ0n) is 15.1. The quantitative estimate of drug-likeness (QED) is 0.393. The Balaban J connectivity index is 1.98. The van der Waals surface area contributed by atoms with Gasteiger partial charge in [-0.1, -0.05) is 26.0 Å². The minimum atomic E-state index is -4.17. The number of hydrazone groups is 1. The summed E-state index contributed by atoms with van der Waals surface area (Å²) in [5, 5.41) is 4.15. The standard InChI is InChI=1S/C19H25N3O3S/c1-3-13-22(14-4-2)18-9-5-16(6-10-18)15-20-21-17-7-11-19(12-8-17)26(23,24)25/h5-12,15,21H,3-4,13-14H2,1-2H3,(H,23,24,25)/b20-15-. The van der Waals surface area contributed by atoms with Gasteiger partial charge in [0.2, 0.25) is 0 Å². The highest BCUT2D eigenvalue weighted by molar-refractivity contribution is 7.85. The van der Waals surface area contributed by atoms with Crippen LogP contribution in [0, 0.1) is 0 Å². The molecular formula is C19H25N3O3S. The largest absolute Gasteiger partial charge is 0.372 e. The molecule has 0 saturated carbocycles. The van der Waals surface area contributed by atoms with E-state index in [4.69, 9.17) is 4.55 Å². The maximum Gasteiger partial charge on any atom is 0.294 e. The van der Waals surface area contributed by atoms with Gasteiger partial charge in [0.15, 0.2) is 0 Å². The maximum atomic E-state index is 11.0. The first kappa shape index (κ1) is 19.9. The Morgan fingerprint density at radius 2 is 1.58 bits per heavy atom. The van der Waals surface area contributed by atoms with Crippen LogP contribution >= 0.6 is 0 Å². The van der Waals surface area contributed by atoms with Gasteiger partial charge >= 0.3 is 0 Å². The van der Waals surface area contributed by atoms with E-state index in [9.17, 15) is 8.42 Å². The Labute approximate surface area is 155 Å². The molecule has 0 bridgehead atoms. The van der Waals surface area contributed by atoms with E-state index >= 15 is 0 Å². The second-order valence-corrected chi connectivity index (χ2v) is 7.37. The molecule has 0 aromatic heterocycles. The summed E-state index contributed by atoms with van der Waals surface area (Å²) in [7, 11) is -4.17. The number of hydrogen-bond donors (Lipinski definition) is 2. The van der Waals surface area contributed by atoms with E-state index in [1.54, 1.807) is 6.21 Å². The van der Waals surface area contributed by atoms with E-state index in [1.807, 2.05) is 12.1 Å². The number of rotatable bonds is 9. The lowest BCUT2D eigenvalue weighted by molar-refractivity contribution is 0.483. The first-order valence-corrected chi connectivity index (χ1v) is 10.1. The van der Waals surface area contributed by atoms with Crippen LogP contribution in [0.4, 0.5) is 11.4 Å². The Morgan fingerprint density at radius 3 is 2.08 bits per heavy atom. The molecule has 0 radical (unpaired) electrons. The molecule has 0 saturated heterocycles. The van der Waals surface area contributed by atoms with Crippen LogP contribution in [0.15, 0.2) is 58.5 Å². The fourth-order valence-electron chi connectivity index (χ4n) is 2.56. The van der Waals surface area contributed by atoms with E-state index in [-0.39, 0.29) is 4.90 Å². The van der Waals surface area contributed by atoms with Crippen LogP contribution < -0.4 is 10.3 Å². The van der Waals surface area contributed by atoms with Crippen molar-refractivity contribution in [2.75, 3.05) is 23.4 Å². The molecule has 2 aromatic carbocycles. The van der Waals surface area contributed by atoms with Crippen molar-refractivity contribution in [2.24, 2.45) is 5.10 Å². The molecule has 0 aliphatic rings. The van der Waals surface area contributed by atoms with Gasteiger partial charge < -0.3 is 4.90 Å². The number of anilines is 2. The van der Waals surface area contributed by atoms with Crippen LogP contribution in [0.1, 0.15) is 32.3 Å². The van der Waals surface area contributed by atoms with Crippen LogP contribution in [-0.2, 0) is 10.1 Å². The fourth-order valence-corrected chi connectivity index (χ4v) is 3.04. The lowest BCUT2D eigenvalue weighted by Gasteiger charge is -2.23. The Bertz CT molecular complexity index is 810. The molecule has 0 spiro atoms. The highest BCUT2D eigenvalue weighted by Gasteiger charge is 2.08. The summed E-state index contributed by atoms with van der Waals surface area (Å²) in [5.41, 5.74) is 5.63. The Hall–Kier alpha value is -2.38. The lowest BCUT2D eigenvalue weighted by atomic mass is 10.2. The normalized spacial score (nSPS) is 11.7. The van der Waals surface area contributed by atoms with Crippen LogP contribution in [0.3, 0.4) is 0 Å². The Morgan fingerprint density at radius 1 is 1.00 bits per heavy atom. The van der Waals surface area contributed by atoms with Gasteiger partial charge in [0.1, 0.15) is 0 Å². The summed E-state index contributed by atoms with van der Waals surface area (Å²) in [4.78, 5) is 2.22. The highest BCUT2D eigenvalue weighted by Crippen LogP contribution is 2.16. The predicted molar refractivity (Wildman–Crippen MR) is 107 cm³/mol. The molecule has 2 aromatic rings. The van der Waals surface area contributed by atoms with Crippen LogP contribution in [0.5, 0.6) is 0 Å². The van der Waals surface area contributed by atoms with Crippen LogP contribution in [0.2, 0.25) is 0 Å². The molecule has 0 fully saturated rings. The minimum absolute atomic E-state index is 0.147. The third-order valence-corrected chi connectivity index (χ3v) is 4.67. The topological polar surface area (TPSA) is 82.0 Å². The molecule has 140 valence electrons. The zero-order chi connectivity index (χ0) is 19.0. The fraction of sp³-hybridized carbons (Fsp3) is 0.316. The number of hydrogen-bond acceptors (Lipinski definition) is 5. The van der Waals surface area contributed by atoms with Crippen molar-refractivity contribution in [2.45, 2.75) is 31.6 Å². The third-order valence-electron chi connectivity index (χ3n) is 3.80. The van der Waals surface area contributed by atoms with Crippen molar-refractivity contribution in [3.63, 3.8) is 0 Å². The van der Waals surface area contributed by atoms with E-state index in [2.05, 4.69) is 41.4 Å². The summed E-state index contributed by atoms with van der Waals surface area (Å²) in [5.74, 6) is 0. The second kappa shape index (κ2) is 9.35. The molecule has 26 heavy (non-hydrogen) atoms. The van der Waals surface area contributed by atoms with E-state index in [1.165, 1.54) is 30.0 Å². The average Bonchev–Trinajstić information content (AvgIpc) is 2.62. The van der Waals surface area contributed by atoms with Crippen molar-refractivity contribution in [1.82, 2.24) is 0 Å². The molecule has 0 aliphatic carbocycles. The molecule has 2 N–H and O–H groups in total. The van der Waals surface area contributed by atoms with Crippen molar-refractivity contribution in [1.29, 1.82) is 0 Å². The molecule has 0 unspecified atom stereocenters. The smallest absolute Gasteiger partial charge is 0.294 e. The summed E-state index contributed by atoms with van der Waals surface area (Å²) < 4.78 is 31.0. The average molecular weight is 375 g/mol. The minimum Gasteiger partial charge on any atom is -0.372 e. The van der Waals surface area contributed by atoms with E-state index in [0.717, 1.165) is 31.5 Å². The van der Waals surface area contributed by atoms with E-state index < -0.39 is 10.1 Å².